The first-order valence-electron chi connectivity index (χ1n) is 5.34. The predicted octanol–water partition coefficient (Wildman–Crippen LogP) is 1.81. The van der Waals surface area contributed by atoms with Gasteiger partial charge >= 0.3 is 0 Å². The molecule has 17 heavy (non-hydrogen) atoms. The number of carbonyl (C=O) groups is 1. The number of aliphatic hydroxyl groups is 1. The summed E-state index contributed by atoms with van der Waals surface area (Å²) >= 11 is 5.78. The van der Waals surface area contributed by atoms with E-state index >= 15 is 0 Å². The van der Waals surface area contributed by atoms with Crippen molar-refractivity contribution in [2.24, 2.45) is 0 Å². The van der Waals surface area contributed by atoms with Gasteiger partial charge in [0.15, 0.2) is 0 Å². The summed E-state index contributed by atoms with van der Waals surface area (Å²) in [5, 5.41) is 12.1. The minimum absolute atomic E-state index is 0.0238. The molecule has 0 aliphatic carbocycles. The number of halogens is 1. The minimum Gasteiger partial charge on any atom is -0.398 e. The molecule has 0 radical (unpaired) electrons. The Bertz CT molecular complexity index is 419. The number of hydrogen-bond acceptors (Lipinski definition) is 3. The van der Waals surface area contributed by atoms with Crippen LogP contribution in [-0.2, 0) is 0 Å². The third-order valence-electron chi connectivity index (χ3n) is 2.45. The lowest BCUT2D eigenvalue weighted by atomic mass is 10.0. The molecule has 0 aromatic heterocycles. The van der Waals surface area contributed by atoms with Crippen molar-refractivity contribution in [3.8, 4) is 0 Å². The second-order valence-corrected chi connectivity index (χ2v) is 4.96. The maximum absolute atomic E-state index is 11.9. The molecule has 1 aromatic rings. The van der Waals surface area contributed by atoms with Crippen molar-refractivity contribution in [3.05, 3.63) is 28.8 Å². The van der Waals surface area contributed by atoms with Crippen molar-refractivity contribution >= 4 is 23.2 Å². The molecule has 0 aliphatic heterocycles. The van der Waals surface area contributed by atoms with Crippen molar-refractivity contribution < 1.29 is 9.90 Å². The summed E-state index contributed by atoms with van der Waals surface area (Å²) in [4.78, 5) is 11.9. The van der Waals surface area contributed by atoms with Gasteiger partial charge in [-0.2, -0.15) is 0 Å². The van der Waals surface area contributed by atoms with Gasteiger partial charge in [-0.1, -0.05) is 11.6 Å². The Labute approximate surface area is 106 Å². The van der Waals surface area contributed by atoms with Crippen LogP contribution in [0.15, 0.2) is 18.2 Å². The normalized spacial score (nSPS) is 11.3. The van der Waals surface area contributed by atoms with Crippen LogP contribution in [0.2, 0.25) is 5.02 Å². The second-order valence-electron chi connectivity index (χ2n) is 4.55. The molecule has 4 nitrogen and oxygen atoms in total. The van der Waals surface area contributed by atoms with E-state index in [0.717, 1.165) is 0 Å². The fourth-order valence-electron chi connectivity index (χ4n) is 1.41. The standard InChI is InChI=1S/C12H17ClN2O2/c1-12(2,5-6-16)15-11(17)8-3-4-9(13)10(14)7-8/h3-4,7,16H,5-6,14H2,1-2H3,(H,15,17). The molecule has 0 bridgehead atoms. The van der Waals surface area contributed by atoms with Gasteiger partial charge in [0.05, 0.1) is 10.7 Å². The zero-order chi connectivity index (χ0) is 13.1. The molecule has 0 atom stereocenters. The lowest BCUT2D eigenvalue weighted by Gasteiger charge is -2.25. The third-order valence-corrected chi connectivity index (χ3v) is 2.79. The van der Waals surface area contributed by atoms with Gasteiger partial charge in [0.2, 0.25) is 0 Å². The Balaban J connectivity index is 2.80. The number of hydrogen-bond donors (Lipinski definition) is 3. The SMILES string of the molecule is CC(C)(CCO)NC(=O)c1ccc(Cl)c(N)c1. The molecular weight excluding hydrogens is 240 g/mol. The Morgan fingerprint density at radius 1 is 1.53 bits per heavy atom. The van der Waals surface area contributed by atoms with Crippen LogP contribution in [0.25, 0.3) is 0 Å². The fraction of sp³-hybridized carbons (Fsp3) is 0.417. The summed E-state index contributed by atoms with van der Waals surface area (Å²) in [5.41, 5.74) is 6.00. The van der Waals surface area contributed by atoms with Gasteiger partial charge in [-0.15, -0.1) is 0 Å². The quantitative estimate of drug-likeness (QED) is 0.720. The number of amides is 1. The molecule has 0 fully saturated rings. The largest absolute Gasteiger partial charge is 0.398 e. The average molecular weight is 257 g/mol. The summed E-state index contributed by atoms with van der Waals surface area (Å²) < 4.78 is 0. The van der Waals surface area contributed by atoms with Crippen molar-refractivity contribution in [1.29, 1.82) is 0 Å². The Kier molecular flexibility index (Phi) is 4.37. The van der Waals surface area contributed by atoms with Gasteiger partial charge in [-0.25, -0.2) is 0 Å². The molecule has 0 unspecified atom stereocenters. The second kappa shape index (κ2) is 5.38. The van der Waals surface area contributed by atoms with E-state index in [2.05, 4.69) is 5.32 Å². The molecule has 0 aliphatic rings. The molecule has 0 spiro atoms. The van der Waals surface area contributed by atoms with Crippen molar-refractivity contribution in [1.82, 2.24) is 5.32 Å². The molecule has 0 saturated carbocycles. The monoisotopic (exact) mass is 256 g/mol. The van der Waals surface area contributed by atoms with Crippen LogP contribution in [0, 0.1) is 0 Å². The molecular formula is C12H17ClN2O2. The summed E-state index contributed by atoms with van der Waals surface area (Å²) in [6, 6.07) is 4.74. The van der Waals surface area contributed by atoms with E-state index in [0.29, 0.717) is 22.7 Å². The van der Waals surface area contributed by atoms with E-state index in [9.17, 15) is 4.79 Å². The predicted molar refractivity (Wildman–Crippen MR) is 69.1 cm³/mol. The highest BCUT2D eigenvalue weighted by Gasteiger charge is 2.20. The van der Waals surface area contributed by atoms with Crippen LogP contribution in [0.4, 0.5) is 5.69 Å². The van der Waals surface area contributed by atoms with Crippen LogP contribution >= 0.6 is 11.6 Å². The van der Waals surface area contributed by atoms with E-state index < -0.39 is 5.54 Å². The first kappa shape index (κ1) is 13.8. The van der Waals surface area contributed by atoms with Gasteiger partial charge in [0.1, 0.15) is 0 Å². The molecule has 1 rings (SSSR count). The zero-order valence-electron chi connectivity index (χ0n) is 9.96. The number of carbonyl (C=O) groups excluding carboxylic acids is 1. The first-order valence-corrected chi connectivity index (χ1v) is 5.72. The van der Waals surface area contributed by atoms with Gasteiger partial charge < -0.3 is 16.2 Å². The summed E-state index contributed by atoms with van der Waals surface area (Å²) in [5.74, 6) is -0.230. The number of benzene rings is 1. The molecule has 94 valence electrons. The highest BCUT2D eigenvalue weighted by atomic mass is 35.5. The van der Waals surface area contributed by atoms with Crippen molar-refractivity contribution in [2.75, 3.05) is 12.3 Å². The van der Waals surface area contributed by atoms with E-state index in [1.807, 2.05) is 13.8 Å². The summed E-state index contributed by atoms with van der Waals surface area (Å²) in [7, 11) is 0. The number of aliphatic hydroxyl groups excluding tert-OH is 1. The van der Waals surface area contributed by atoms with Crippen molar-refractivity contribution in [3.63, 3.8) is 0 Å². The smallest absolute Gasteiger partial charge is 0.251 e. The van der Waals surface area contributed by atoms with Crippen LogP contribution in [0.5, 0.6) is 0 Å². The zero-order valence-corrected chi connectivity index (χ0v) is 10.7. The van der Waals surface area contributed by atoms with E-state index in [1.54, 1.807) is 12.1 Å². The maximum atomic E-state index is 11.9. The highest BCUT2D eigenvalue weighted by Crippen LogP contribution is 2.20. The van der Waals surface area contributed by atoms with E-state index in [-0.39, 0.29) is 12.5 Å². The first-order chi connectivity index (χ1) is 7.85. The minimum atomic E-state index is -0.458. The maximum Gasteiger partial charge on any atom is 0.251 e. The number of nitrogen functional groups attached to an aromatic ring is 1. The molecule has 1 amide bonds. The van der Waals surface area contributed by atoms with Gasteiger partial charge in [-0.05, 0) is 38.5 Å². The van der Waals surface area contributed by atoms with Crippen LogP contribution in [0.3, 0.4) is 0 Å². The number of rotatable bonds is 4. The van der Waals surface area contributed by atoms with Crippen LogP contribution in [-0.4, -0.2) is 23.2 Å². The molecule has 1 aromatic carbocycles. The molecule has 0 saturated heterocycles. The molecule has 4 N–H and O–H groups in total. The van der Waals surface area contributed by atoms with E-state index in [4.69, 9.17) is 22.4 Å². The Morgan fingerprint density at radius 2 is 2.18 bits per heavy atom. The number of nitrogens with one attached hydrogen (secondary N) is 1. The number of anilines is 1. The molecule has 0 heterocycles. The summed E-state index contributed by atoms with van der Waals surface area (Å²) in [6.07, 6.45) is 0.488. The van der Waals surface area contributed by atoms with Crippen molar-refractivity contribution in [2.45, 2.75) is 25.8 Å². The van der Waals surface area contributed by atoms with Gasteiger partial charge in [-0.3, -0.25) is 4.79 Å². The third kappa shape index (κ3) is 3.91. The molecule has 5 heteroatoms. The van der Waals surface area contributed by atoms with Gasteiger partial charge in [0.25, 0.3) is 5.91 Å². The lowest BCUT2D eigenvalue weighted by molar-refractivity contribution is 0.0899. The Hall–Kier alpha value is -1.26. The number of nitrogens with two attached hydrogens (primary N) is 1. The van der Waals surface area contributed by atoms with E-state index in [1.165, 1.54) is 6.07 Å². The lowest BCUT2D eigenvalue weighted by Crippen LogP contribution is -2.44. The fourth-order valence-corrected chi connectivity index (χ4v) is 1.52. The van der Waals surface area contributed by atoms with Gasteiger partial charge in [0, 0.05) is 17.7 Å². The Morgan fingerprint density at radius 3 is 2.71 bits per heavy atom. The van der Waals surface area contributed by atoms with Crippen LogP contribution < -0.4 is 11.1 Å². The topological polar surface area (TPSA) is 75.3 Å². The average Bonchev–Trinajstić information content (AvgIpc) is 2.21. The summed E-state index contributed by atoms with van der Waals surface area (Å²) in [6.45, 7) is 3.72. The van der Waals surface area contributed by atoms with Crippen LogP contribution in [0.1, 0.15) is 30.6 Å². The highest BCUT2D eigenvalue weighted by molar-refractivity contribution is 6.33.